The van der Waals surface area contributed by atoms with Crippen LogP contribution in [0.25, 0.3) is 0 Å². The molecule has 0 aliphatic carbocycles. The van der Waals surface area contributed by atoms with E-state index in [9.17, 15) is 4.79 Å². The molecule has 2 aromatic carbocycles. The van der Waals surface area contributed by atoms with E-state index in [0.717, 1.165) is 11.3 Å². The second kappa shape index (κ2) is 5.97. The molecule has 1 aliphatic heterocycles. The smallest absolute Gasteiger partial charge is 0.251 e. The molecule has 0 aromatic heterocycles. The minimum absolute atomic E-state index is 0.170. The lowest BCUT2D eigenvalue weighted by Crippen LogP contribution is -2.26. The first kappa shape index (κ1) is 14.3. The molecule has 1 aliphatic rings. The van der Waals surface area contributed by atoms with Crippen molar-refractivity contribution in [3.63, 3.8) is 0 Å². The van der Waals surface area contributed by atoms with Crippen molar-refractivity contribution in [3.05, 3.63) is 53.6 Å². The molecule has 0 radical (unpaired) electrons. The van der Waals surface area contributed by atoms with Crippen molar-refractivity contribution in [2.75, 3.05) is 13.9 Å². The third-order valence-corrected chi connectivity index (χ3v) is 3.59. The number of amides is 1. The van der Waals surface area contributed by atoms with Crippen LogP contribution in [-0.4, -0.2) is 19.8 Å². The number of hydrogen-bond acceptors (Lipinski definition) is 4. The number of ether oxygens (including phenoxy) is 3. The largest absolute Gasteiger partial charge is 0.496 e. The number of methoxy groups -OCH3 is 1. The summed E-state index contributed by atoms with van der Waals surface area (Å²) >= 11 is 0. The van der Waals surface area contributed by atoms with Gasteiger partial charge in [0.15, 0.2) is 11.5 Å². The maximum Gasteiger partial charge on any atom is 0.251 e. The van der Waals surface area contributed by atoms with Crippen molar-refractivity contribution in [2.24, 2.45) is 0 Å². The Labute approximate surface area is 128 Å². The number of rotatable bonds is 4. The Morgan fingerprint density at radius 2 is 1.95 bits per heavy atom. The molecule has 1 N–H and O–H groups in total. The van der Waals surface area contributed by atoms with E-state index in [-0.39, 0.29) is 18.7 Å². The van der Waals surface area contributed by atoms with Gasteiger partial charge in [-0.2, -0.15) is 0 Å². The molecule has 2 aromatic rings. The van der Waals surface area contributed by atoms with E-state index in [1.807, 2.05) is 31.2 Å². The Kier molecular flexibility index (Phi) is 3.87. The van der Waals surface area contributed by atoms with Crippen LogP contribution >= 0.6 is 0 Å². The van der Waals surface area contributed by atoms with Crippen LogP contribution in [0.1, 0.15) is 28.9 Å². The summed E-state index contributed by atoms with van der Waals surface area (Å²) in [4.78, 5) is 12.4. The number of fused-ring (bicyclic) bond motifs is 1. The van der Waals surface area contributed by atoms with E-state index < -0.39 is 0 Å². The van der Waals surface area contributed by atoms with Crippen LogP contribution in [0.3, 0.4) is 0 Å². The predicted octanol–water partition coefficient (Wildman–Crippen LogP) is 2.91. The molecule has 0 bridgehead atoms. The molecule has 0 spiro atoms. The third-order valence-electron chi connectivity index (χ3n) is 3.59. The van der Waals surface area contributed by atoms with Crippen LogP contribution in [0.15, 0.2) is 42.5 Å². The number of carbonyl (C=O) groups excluding carboxylic acids is 1. The van der Waals surface area contributed by atoms with Crippen LogP contribution in [-0.2, 0) is 0 Å². The van der Waals surface area contributed by atoms with Gasteiger partial charge in [-0.05, 0) is 31.2 Å². The predicted molar refractivity (Wildman–Crippen MR) is 81.4 cm³/mol. The van der Waals surface area contributed by atoms with Crippen LogP contribution in [0, 0.1) is 0 Å². The highest BCUT2D eigenvalue weighted by Gasteiger charge is 2.18. The summed E-state index contributed by atoms with van der Waals surface area (Å²) in [6.07, 6.45) is 0. The monoisotopic (exact) mass is 299 g/mol. The number of carbonyl (C=O) groups is 1. The molecule has 1 heterocycles. The molecule has 114 valence electrons. The Morgan fingerprint density at radius 3 is 2.77 bits per heavy atom. The van der Waals surface area contributed by atoms with Crippen LogP contribution in [0.5, 0.6) is 17.2 Å². The van der Waals surface area contributed by atoms with Gasteiger partial charge in [0.2, 0.25) is 6.79 Å². The van der Waals surface area contributed by atoms with Crippen molar-refractivity contribution in [2.45, 2.75) is 13.0 Å². The molecule has 1 atom stereocenters. The van der Waals surface area contributed by atoms with E-state index in [1.54, 1.807) is 25.3 Å². The zero-order valence-electron chi connectivity index (χ0n) is 12.5. The van der Waals surface area contributed by atoms with Gasteiger partial charge in [-0.25, -0.2) is 0 Å². The van der Waals surface area contributed by atoms with Gasteiger partial charge in [0.05, 0.1) is 13.2 Å². The Balaban J connectivity index is 1.76. The van der Waals surface area contributed by atoms with E-state index >= 15 is 0 Å². The lowest BCUT2D eigenvalue weighted by atomic mass is 10.1. The summed E-state index contributed by atoms with van der Waals surface area (Å²) < 4.78 is 15.9. The quantitative estimate of drug-likeness (QED) is 0.943. The minimum Gasteiger partial charge on any atom is -0.496 e. The van der Waals surface area contributed by atoms with Gasteiger partial charge in [0.1, 0.15) is 5.75 Å². The normalized spacial score (nSPS) is 13.5. The standard InChI is InChI=1S/C17H17NO4/c1-11(13-5-3-4-6-14(13)20-2)18-17(19)12-7-8-15-16(9-12)22-10-21-15/h3-9,11H,10H2,1-2H3,(H,18,19)/t11-/m1/s1. The number of para-hydroxylation sites is 1. The first-order valence-electron chi connectivity index (χ1n) is 7.02. The van der Waals surface area contributed by atoms with Crippen LogP contribution in [0.2, 0.25) is 0 Å². The van der Waals surface area contributed by atoms with Gasteiger partial charge in [-0.1, -0.05) is 18.2 Å². The topological polar surface area (TPSA) is 56.8 Å². The average molecular weight is 299 g/mol. The maximum atomic E-state index is 12.4. The van der Waals surface area contributed by atoms with Crippen LogP contribution < -0.4 is 19.5 Å². The number of nitrogens with one attached hydrogen (secondary N) is 1. The molecular weight excluding hydrogens is 282 g/mol. The molecule has 0 saturated carbocycles. The van der Waals surface area contributed by atoms with E-state index in [0.29, 0.717) is 17.1 Å². The molecular formula is C17H17NO4. The van der Waals surface area contributed by atoms with Gasteiger partial charge in [-0.3, -0.25) is 4.79 Å². The highest BCUT2D eigenvalue weighted by atomic mass is 16.7. The fourth-order valence-electron chi connectivity index (χ4n) is 2.42. The Hall–Kier alpha value is -2.69. The van der Waals surface area contributed by atoms with Gasteiger partial charge >= 0.3 is 0 Å². The summed E-state index contributed by atoms with van der Waals surface area (Å²) in [6.45, 7) is 2.11. The maximum absolute atomic E-state index is 12.4. The van der Waals surface area contributed by atoms with Crippen molar-refractivity contribution < 1.29 is 19.0 Å². The van der Waals surface area contributed by atoms with Gasteiger partial charge in [0, 0.05) is 11.1 Å². The minimum atomic E-state index is -0.172. The fourth-order valence-corrected chi connectivity index (χ4v) is 2.42. The molecule has 0 saturated heterocycles. The van der Waals surface area contributed by atoms with E-state index in [1.165, 1.54) is 0 Å². The Morgan fingerprint density at radius 1 is 1.18 bits per heavy atom. The second-order valence-corrected chi connectivity index (χ2v) is 5.01. The summed E-state index contributed by atoms with van der Waals surface area (Å²) in [5.74, 6) is 1.84. The molecule has 5 nitrogen and oxygen atoms in total. The van der Waals surface area contributed by atoms with Crippen molar-refractivity contribution in [1.29, 1.82) is 0 Å². The van der Waals surface area contributed by atoms with E-state index in [4.69, 9.17) is 14.2 Å². The molecule has 22 heavy (non-hydrogen) atoms. The number of hydrogen-bond donors (Lipinski definition) is 1. The lowest BCUT2D eigenvalue weighted by molar-refractivity contribution is 0.0939. The van der Waals surface area contributed by atoms with Gasteiger partial charge in [0.25, 0.3) is 5.91 Å². The number of benzene rings is 2. The van der Waals surface area contributed by atoms with Gasteiger partial charge < -0.3 is 19.5 Å². The van der Waals surface area contributed by atoms with E-state index in [2.05, 4.69) is 5.32 Å². The summed E-state index contributed by atoms with van der Waals surface area (Å²) in [7, 11) is 1.62. The third kappa shape index (κ3) is 2.70. The highest BCUT2D eigenvalue weighted by molar-refractivity contribution is 5.95. The summed E-state index contributed by atoms with van der Waals surface area (Å²) in [5.41, 5.74) is 1.46. The molecule has 5 heteroatoms. The molecule has 1 amide bonds. The molecule has 3 rings (SSSR count). The van der Waals surface area contributed by atoms with Crippen molar-refractivity contribution in [3.8, 4) is 17.2 Å². The zero-order chi connectivity index (χ0) is 15.5. The second-order valence-electron chi connectivity index (χ2n) is 5.01. The first-order chi connectivity index (χ1) is 10.7. The van der Waals surface area contributed by atoms with Crippen LogP contribution in [0.4, 0.5) is 0 Å². The van der Waals surface area contributed by atoms with Crippen molar-refractivity contribution >= 4 is 5.91 Å². The fraction of sp³-hybridized carbons (Fsp3) is 0.235. The lowest BCUT2D eigenvalue weighted by Gasteiger charge is -2.17. The Bertz CT molecular complexity index is 699. The summed E-state index contributed by atoms with van der Waals surface area (Å²) in [5, 5.41) is 2.96. The van der Waals surface area contributed by atoms with Gasteiger partial charge in [-0.15, -0.1) is 0 Å². The molecule has 0 unspecified atom stereocenters. The SMILES string of the molecule is COc1ccccc1[C@@H](C)NC(=O)c1ccc2c(c1)OCO2. The highest BCUT2D eigenvalue weighted by Crippen LogP contribution is 2.32. The zero-order valence-corrected chi connectivity index (χ0v) is 12.5. The summed E-state index contributed by atoms with van der Waals surface area (Å²) in [6, 6.07) is 12.6. The van der Waals surface area contributed by atoms with Crippen molar-refractivity contribution in [1.82, 2.24) is 5.32 Å². The average Bonchev–Trinajstić information content (AvgIpc) is 3.02. The first-order valence-corrected chi connectivity index (χ1v) is 7.02. The molecule has 0 fully saturated rings.